The maximum Gasteiger partial charge on any atom is 0.267 e. The Bertz CT molecular complexity index is 1400. The third-order valence-electron chi connectivity index (χ3n) is 6.71. The second-order valence-corrected chi connectivity index (χ2v) is 11.7. The number of nitrogens with zero attached hydrogens (tertiary/aromatic N) is 3. The second kappa shape index (κ2) is 8.62. The number of benzene rings is 2. The fourth-order valence-corrected chi connectivity index (χ4v) is 6.16. The average molecular weight is 505 g/mol. The molecule has 1 aliphatic heterocycles. The van der Waals surface area contributed by atoms with Gasteiger partial charge >= 0.3 is 0 Å². The quantitative estimate of drug-likeness (QED) is 0.546. The number of sulfonamides is 1. The third kappa shape index (κ3) is 4.44. The van der Waals surface area contributed by atoms with Crippen LogP contribution in [0.3, 0.4) is 0 Å². The summed E-state index contributed by atoms with van der Waals surface area (Å²) < 4.78 is 43.0. The summed E-state index contributed by atoms with van der Waals surface area (Å²) in [6, 6.07) is 8.67. The van der Waals surface area contributed by atoms with Crippen molar-refractivity contribution in [1.82, 2.24) is 19.4 Å². The predicted octanol–water partition coefficient (Wildman–Crippen LogP) is 4.11. The summed E-state index contributed by atoms with van der Waals surface area (Å²) in [6.45, 7) is 6.30. The molecule has 1 aliphatic carbocycles. The lowest BCUT2D eigenvalue weighted by atomic mass is 10.1. The normalized spacial score (nSPS) is 19.1. The van der Waals surface area contributed by atoms with E-state index in [0.29, 0.717) is 29.4 Å². The Morgan fingerprint density at radius 2 is 1.97 bits per heavy atom. The van der Waals surface area contributed by atoms with Crippen molar-refractivity contribution < 1.29 is 17.6 Å². The van der Waals surface area contributed by atoms with Crippen molar-refractivity contribution in [2.75, 3.05) is 13.1 Å². The number of aromatic nitrogens is 2. The summed E-state index contributed by atoms with van der Waals surface area (Å²) in [5.41, 5.74) is 3.35. The molecule has 1 N–H and O–H groups in total. The van der Waals surface area contributed by atoms with Gasteiger partial charge in [-0.3, -0.25) is 14.4 Å². The van der Waals surface area contributed by atoms with Gasteiger partial charge < -0.3 is 0 Å². The molecule has 2 aromatic carbocycles. The molecule has 2 aliphatic rings. The van der Waals surface area contributed by atoms with Crippen LogP contribution in [0.2, 0.25) is 5.02 Å². The van der Waals surface area contributed by atoms with Gasteiger partial charge in [0.2, 0.25) is 10.0 Å². The molecular weight excluding hydrogens is 479 g/mol. The number of hydrogen-bond donors (Lipinski definition) is 1. The molecule has 1 saturated carbocycles. The molecule has 7 nitrogen and oxygen atoms in total. The van der Waals surface area contributed by atoms with E-state index in [2.05, 4.69) is 10.00 Å². The van der Waals surface area contributed by atoms with E-state index in [1.807, 2.05) is 41.5 Å². The summed E-state index contributed by atoms with van der Waals surface area (Å²) in [5.74, 6) is -1.70. The summed E-state index contributed by atoms with van der Waals surface area (Å²) in [4.78, 5) is 14.9. The van der Waals surface area contributed by atoms with Gasteiger partial charge in [0.05, 0.1) is 28.1 Å². The van der Waals surface area contributed by atoms with Crippen LogP contribution in [-0.2, 0) is 16.6 Å². The zero-order valence-electron chi connectivity index (χ0n) is 19.0. The van der Waals surface area contributed by atoms with Crippen LogP contribution in [0.4, 0.5) is 4.39 Å². The molecule has 1 saturated heterocycles. The molecule has 1 aromatic heterocycles. The molecule has 1 atom stereocenters. The molecule has 180 valence electrons. The van der Waals surface area contributed by atoms with Gasteiger partial charge in [-0.2, -0.15) is 5.10 Å². The number of fused-ring (bicyclic) bond motifs is 1. The highest BCUT2D eigenvalue weighted by Gasteiger charge is 2.37. The van der Waals surface area contributed by atoms with E-state index in [1.165, 1.54) is 17.7 Å². The van der Waals surface area contributed by atoms with Crippen molar-refractivity contribution in [3.63, 3.8) is 0 Å². The number of carbonyl (C=O) groups is 1. The first-order chi connectivity index (χ1) is 16.1. The van der Waals surface area contributed by atoms with Crippen LogP contribution >= 0.6 is 11.6 Å². The van der Waals surface area contributed by atoms with Crippen LogP contribution in [0.25, 0.3) is 10.9 Å². The van der Waals surface area contributed by atoms with E-state index in [4.69, 9.17) is 11.6 Å². The lowest BCUT2D eigenvalue weighted by Gasteiger charge is -2.18. The van der Waals surface area contributed by atoms with Crippen LogP contribution in [0.1, 0.15) is 52.5 Å². The van der Waals surface area contributed by atoms with Gasteiger partial charge in [-0.05, 0) is 62.4 Å². The smallest absolute Gasteiger partial charge is 0.267 e. The maximum atomic E-state index is 15.0. The standard InChI is InChI=1S/C24H26ClFN4O3S/c1-14-9-17(25)4-3-16(14)12-29-8-7-18(13-29)30-23-11-22(26)21(10-20(23)15(2)27-30)24(31)28-34(32,33)19-5-6-19/h3-4,9-11,18-19H,5-8,12-13H2,1-2H3,(H,28,31)/t18-/m1/s1. The van der Waals surface area contributed by atoms with Crippen molar-refractivity contribution in [3.8, 4) is 0 Å². The summed E-state index contributed by atoms with van der Waals surface area (Å²) in [6.07, 6.45) is 1.91. The van der Waals surface area contributed by atoms with Crippen LogP contribution in [0.15, 0.2) is 30.3 Å². The highest BCUT2D eigenvalue weighted by atomic mass is 35.5. The van der Waals surface area contributed by atoms with E-state index in [1.54, 1.807) is 0 Å². The van der Waals surface area contributed by atoms with Gasteiger partial charge in [0.15, 0.2) is 0 Å². The van der Waals surface area contributed by atoms with E-state index in [0.717, 1.165) is 36.6 Å². The first kappa shape index (κ1) is 23.3. The van der Waals surface area contributed by atoms with Crippen LogP contribution < -0.4 is 4.72 Å². The van der Waals surface area contributed by atoms with Crippen LogP contribution in [0, 0.1) is 19.7 Å². The summed E-state index contributed by atoms with van der Waals surface area (Å²) in [5, 5.41) is 5.45. The number of halogens is 2. The van der Waals surface area contributed by atoms with E-state index in [9.17, 15) is 17.6 Å². The van der Waals surface area contributed by atoms with E-state index < -0.39 is 27.0 Å². The lowest BCUT2D eigenvalue weighted by Crippen LogP contribution is -2.33. The Morgan fingerprint density at radius 3 is 2.68 bits per heavy atom. The number of hydrogen-bond acceptors (Lipinski definition) is 5. The lowest BCUT2D eigenvalue weighted by molar-refractivity contribution is 0.0977. The molecule has 34 heavy (non-hydrogen) atoms. The third-order valence-corrected chi connectivity index (χ3v) is 8.77. The number of amides is 1. The second-order valence-electron chi connectivity index (χ2n) is 9.30. The predicted molar refractivity (Wildman–Crippen MR) is 129 cm³/mol. The molecule has 0 bridgehead atoms. The molecule has 1 amide bonds. The molecule has 2 heterocycles. The largest absolute Gasteiger partial charge is 0.297 e. The summed E-state index contributed by atoms with van der Waals surface area (Å²) >= 11 is 6.08. The average Bonchev–Trinajstić information content (AvgIpc) is 3.46. The molecule has 5 rings (SSSR count). The Kier molecular flexibility index (Phi) is 5.90. The Morgan fingerprint density at radius 1 is 1.21 bits per heavy atom. The van der Waals surface area contributed by atoms with Gasteiger partial charge in [-0.25, -0.2) is 17.5 Å². The zero-order valence-corrected chi connectivity index (χ0v) is 20.6. The van der Waals surface area contributed by atoms with Crippen LogP contribution in [0.5, 0.6) is 0 Å². The molecule has 0 unspecified atom stereocenters. The molecule has 10 heteroatoms. The minimum Gasteiger partial charge on any atom is -0.297 e. The highest BCUT2D eigenvalue weighted by molar-refractivity contribution is 7.91. The Hall–Kier alpha value is -2.49. The van der Waals surface area contributed by atoms with Gasteiger partial charge in [0.25, 0.3) is 5.91 Å². The molecule has 3 aromatic rings. The SMILES string of the molecule is Cc1cc(Cl)ccc1CN1CC[C@@H](n2nc(C)c3cc(C(=O)NS(=O)(=O)C4CC4)c(F)cc32)C1. The highest BCUT2D eigenvalue weighted by Crippen LogP contribution is 2.31. The number of nitrogens with one attached hydrogen (secondary N) is 1. The number of carbonyl (C=O) groups excluding carboxylic acids is 1. The monoisotopic (exact) mass is 504 g/mol. The van der Waals surface area contributed by atoms with Gasteiger partial charge in [0, 0.05) is 36.1 Å². The van der Waals surface area contributed by atoms with Gasteiger partial charge in [-0.15, -0.1) is 0 Å². The Labute approximate surface area is 202 Å². The summed E-state index contributed by atoms with van der Waals surface area (Å²) in [7, 11) is -3.76. The first-order valence-electron chi connectivity index (χ1n) is 11.3. The topological polar surface area (TPSA) is 84.3 Å². The van der Waals surface area contributed by atoms with Crippen molar-refractivity contribution in [3.05, 3.63) is 63.6 Å². The fourth-order valence-electron chi connectivity index (χ4n) is 4.64. The maximum absolute atomic E-state index is 15.0. The minimum absolute atomic E-state index is 0.0677. The number of aryl methyl sites for hydroxylation is 2. The number of rotatable bonds is 6. The Balaban J connectivity index is 1.37. The van der Waals surface area contributed by atoms with Crippen molar-refractivity contribution >= 4 is 38.4 Å². The van der Waals surface area contributed by atoms with Crippen molar-refractivity contribution in [2.45, 2.75) is 50.9 Å². The molecule has 2 fully saturated rings. The first-order valence-corrected chi connectivity index (χ1v) is 13.3. The van der Waals surface area contributed by atoms with Crippen molar-refractivity contribution in [1.29, 1.82) is 0 Å². The molecule has 0 radical (unpaired) electrons. The van der Waals surface area contributed by atoms with Gasteiger partial charge in [0.1, 0.15) is 5.82 Å². The minimum atomic E-state index is -3.76. The zero-order chi connectivity index (χ0) is 24.2. The molecule has 0 spiro atoms. The van der Waals surface area contributed by atoms with Gasteiger partial charge in [-0.1, -0.05) is 17.7 Å². The van der Waals surface area contributed by atoms with E-state index >= 15 is 0 Å². The van der Waals surface area contributed by atoms with E-state index in [-0.39, 0.29) is 11.6 Å². The fraction of sp³-hybridized carbons (Fsp3) is 0.417. The van der Waals surface area contributed by atoms with Crippen molar-refractivity contribution in [2.24, 2.45) is 0 Å². The van der Waals surface area contributed by atoms with Crippen LogP contribution in [-0.4, -0.2) is 47.3 Å². The molecular formula is C24H26ClFN4O3S. The number of likely N-dealkylation sites (tertiary alicyclic amines) is 1.